The lowest BCUT2D eigenvalue weighted by molar-refractivity contribution is -0.121. The molecular formula is C18H21NOS. The first kappa shape index (κ1) is 15.6. The van der Waals surface area contributed by atoms with E-state index in [-0.39, 0.29) is 17.2 Å². The number of nitrogens with one attached hydrogen (secondary N) is 1. The molecule has 2 aromatic rings. The quantitative estimate of drug-likeness (QED) is 0.810. The number of hydrogen-bond acceptors (Lipinski definition) is 2. The summed E-state index contributed by atoms with van der Waals surface area (Å²) in [6, 6.07) is 18.0. The summed E-state index contributed by atoms with van der Waals surface area (Å²) in [5, 5.41) is 2.71. The highest BCUT2D eigenvalue weighted by Crippen LogP contribution is 2.17. The minimum Gasteiger partial charge on any atom is -0.349 e. The number of amides is 1. The van der Waals surface area contributed by atoms with Gasteiger partial charge in [-0.05, 0) is 37.0 Å². The van der Waals surface area contributed by atoms with E-state index in [1.54, 1.807) is 0 Å². The predicted octanol–water partition coefficient (Wildman–Crippen LogP) is 3.71. The summed E-state index contributed by atoms with van der Waals surface area (Å²) >= 11 is 4.44. The molecule has 2 nitrogen and oxygen atoms in total. The van der Waals surface area contributed by atoms with Crippen molar-refractivity contribution in [2.75, 3.05) is 0 Å². The molecule has 0 spiro atoms. The molecule has 2 unspecified atom stereocenters. The van der Waals surface area contributed by atoms with E-state index < -0.39 is 0 Å². The molecule has 0 fully saturated rings. The highest BCUT2D eigenvalue weighted by atomic mass is 32.1. The first-order valence-corrected chi connectivity index (χ1v) is 7.67. The molecule has 0 aromatic heterocycles. The average molecular weight is 299 g/mol. The van der Waals surface area contributed by atoms with Gasteiger partial charge in [0.05, 0.1) is 11.3 Å². The van der Waals surface area contributed by atoms with Crippen LogP contribution in [0.1, 0.15) is 29.7 Å². The van der Waals surface area contributed by atoms with Crippen LogP contribution in [-0.2, 0) is 11.2 Å². The van der Waals surface area contributed by atoms with Crippen molar-refractivity contribution >= 4 is 18.5 Å². The van der Waals surface area contributed by atoms with Gasteiger partial charge in [0.25, 0.3) is 0 Å². The number of aryl methyl sites for hydroxylation is 1. The molecule has 0 aliphatic rings. The van der Waals surface area contributed by atoms with Crippen LogP contribution in [0, 0.1) is 6.92 Å². The summed E-state index contributed by atoms with van der Waals surface area (Å²) in [7, 11) is 0. The number of thiol groups is 1. The van der Waals surface area contributed by atoms with Crippen LogP contribution < -0.4 is 5.32 Å². The standard InChI is InChI=1S/C18H21NOS/c1-13-8-6-7-11-16(13)14(2)19-18(20)17(21)12-15-9-4-3-5-10-15/h3-11,14,17,21H,12H2,1-2H3,(H,19,20). The molecule has 3 heteroatoms. The summed E-state index contributed by atoms with van der Waals surface area (Å²) in [6.45, 7) is 4.06. The number of carbonyl (C=O) groups is 1. The fraction of sp³-hybridized carbons (Fsp3) is 0.278. The Morgan fingerprint density at radius 3 is 2.38 bits per heavy atom. The SMILES string of the molecule is Cc1ccccc1C(C)NC(=O)C(S)Cc1ccccc1. The van der Waals surface area contributed by atoms with Gasteiger partial charge in [0, 0.05) is 0 Å². The van der Waals surface area contributed by atoms with E-state index in [4.69, 9.17) is 0 Å². The number of rotatable bonds is 5. The molecule has 2 aromatic carbocycles. The van der Waals surface area contributed by atoms with Crippen molar-refractivity contribution in [2.24, 2.45) is 0 Å². The Hall–Kier alpha value is -1.74. The third-order valence-corrected chi connectivity index (χ3v) is 4.01. The molecular weight excluding hydrogens is 278 g/mol. The summed E-state index contributed by atoms with van der Waals surface area (Å²) in [5.41, 5.74) is 3.45. The number of carbonyl (C=O) groups excluding carboxylic acids is 1. The zero-order valence-corrected chi connectivity index (χ0v) is 13.3. The van der Waals surface area contributed by atoms with Gasteiger partial charge in [0.1, 0.15) is 0 Å². The van der Waals surface area contributed by atoms with Crippen molar-refractivity contribution in [1.29, 1.82) is 0 Å². The van der Waals surface area contributed by atoms with Crippen LogP contribution in [-0.4, -0.2) is 11.2 Å². The first-order valence-electron chi connectivity index (χ1n) is 7.16. The Labute approximate surface area is 132 Å². The molecule has 0 bridgehead atoms. The van der Waals surface area contributed by atoms with Crippen molar-refractivity contribution in [1.82, 2.24) is 5.32 Å². The Kier molecular flexibility index (Phi) is 5.45. The second-order valence-corrected chi connectivity index (χ2v) is 5.92. The fourth-order valence-electron chi connectivity index (χ4n) is 2.39. The molecule has 0 saturated heterocycles. The van der Waals surface area contributed by atoms with Crippen molar-refractivity contribution in [3.63, 3.8) is 0 Å². The molecule has 110 valence electrons. The van der Waals surface area contributed by atoms with Crippen LogP contribution in [0.5, 0.6) is 0 Å². The third-order valence-electron chi connectivity index (χ3n) is 3.59. The third kappa shape index (κ3) is 4.36. The maximum absolute atomic E-state index is 12.3. The average Bonchev–Trinajstić information content (AvgIpc) is 2.48. The van der Waals surface area contributed by atoms with Gasteiger partial charge >= 0.3 is 0 Å². The Morgan fingerprint density at radius 1 is 1.10 bits per heavy atom. The summed E-state index contributed by atoms with van der Waals surface area (Å²) in [6.07, 6.45) is 0.635. The second kappa shape index (κ2) is 7.32. The summed E-state index contributed by atoms with van der Waals surface area (Å²) in [4.78, 5) is 12.3. The minimum absolute atomic E-state index is 0.0101. The molecule has 0 aliphatic heterocycles. The highest BCUT2D eigenvalue weighted by Gasteiger charge is 2.18. The topological polar surface area (TPSA) is 29.1 Å². The maximum Gasteiger partial charge on any atom is 0.233 e. The van der Waals surface area contributed by atoms with E-state index in [2.05, 4.69) is 30.9 Å². The van der Waals surface area contributed by atoms with Gasteiger partial charge in [-0.25, -0.2) is 0 Å². The molecule has 0 saturated carbocycles. The van der Waals surface area contributed by atoms with Gasteiger partial charge < -0.3 is 5.32 Å². The molecule has 21 heavy (non-hydrogen) atoms. The molecule has 1 N–H and O–H groups in total. The van der Waals surface area contributed by atoms with E-state index in [1.165, 1.54) is 5.56 Å². The van der Waals surface area contributed by atoms with Gasteiger partial charge in [0.2, 0.25) is 5.91 Å². The largest absolute Gasteiger partial charge is 0.349 e. The molecule has 2 rings (SSSR count). The number of hydrogen-bond donors (Lipinski definition) is 2. The van der Waals surface area contributed by atoms with Crippen LogP contribution in [0.15, 0.2) is 54.6 Å². The van der Waals surface area contributed by atoms with E-state index >= 15 is 0 Å². The normalized spacial score (nSPS) is 13.5. The molecule has 2 atom stereocenters. The van der Waals surface area contributed by atoms with Crippen LogP contribution in [0.4, 0.5) is 0 Å². The van der Waals surface area contributed by atoms with E-state index in [9.17, 15) is 4.79 Å². The zero-order chi connectivity index (χ0) is 15.2. The highest BCUT2D eigenvalue weighted by molar-refractivity contribution is 7.81. The van der Waals surface area contributed by atoms with Gasteiger partial charge in [-0.3, -0.25) is 4.79 Å². The summed E-state index contributed by atoms with van der Waals surface area (Å²) in [5.74, 6) is -0.0297. The van der Waals surface area contributed by atoms with Crippen molar-refractivity contribution in [3.8, 4) is 0 Å². The molecule has 1 amide bonds. The lowest BCUT2D eigenvalue weighted by atomic mass is 10.0. The number of benzene rings is 2. The van der Waals surface area contributed by atoms with Crippen LogP contribution >= 0.6 is 12.6 Å². The second-order valence-electron chi connectivity index (χ2n) is 5.29. The van der Waals surface area contributed by atoms with Gasteiger partial charge in [-0.2, -0.15) is 12.6 Å². The fourth-order valence-corrected chi connectivity index (χ4v) is 2.68. The van der Waals surface area contributed by atoms with Crippen molar-refractivity contribution in [3.05, 3.63) is 71.3 Å². The van der Waals surface area contributed by atoms with Crippen molar-refractivity contribution < 1.29 is 4.79 Å². The molecule has 0 radical (unpaired) electrons. The van der Waals surface area contributed by atoms with E-state index in [1.807, 2.05) is 55.5 Å². The molecule has 0 heterocycles. The summed E-state index contributed by atoms with van der Waals surface area (Å²) < 4.78 is 0. The monoisotopic (exact) mass is 299 g/mol. The lowest BCUT2D eigenvalue weighted by Crippen LogP contribution is -2.34. The van der Waals surface area contributed by atoms with E-state index in [0.717, 1.165) is 11.1 Å². The maximum atomic E-state index is 12.3. The van der Waals surface area contributed by atoms with Crippen LogP contribution in [0.25, 0.3) is 0 Å². The van der Waals surface area contributed by atoms with E-state index in [0.29, 0.717) is 6.42 Å². The van der Waals surface area contributed by atoms with Gasteiger partial charge in [0.15, 0.2) is 0 Å². The molecule has 0 aliphatic carbocycles. The Morgan fingerprint density at radius 2 is 1.71 bits per heavy atom. The predicted molar refractivity (Wildman–Crippen MR) is 90.7 cm³/mol. The van der Waals surface area contributed by atoms with Gasteiger partial charge in [-0.1, -0.05) is 54.6 Å². The van der Waals surface area contributed by atoms with Crippen molar-refractivity contribution in [2.45, 2.75) is 31.6 Å². The Bertz CT molecular complexity index is 597. The smallest absolute Gasteiger partial charge is 0.233 e. The van der Waals surface area contributed by atoms with Crippen LogP contribution in [0.2, 0.25) is 0 Å². The van der Waals surface area contributed by atoms with Crippen LogP contribution in [0.3, 0.4) is 0 Å². The first-order chi connectivity index (χ1) is 10.1. The Balaban J connectivity index is 1.96. The minimum atomic E-state index is -0.334. The van der Waals surface area contributed by atoms with Gasteiger partial charge in [-0.15, -0.1) is 0 Å². The lowest BCUT2D eigenvalue weighted by Gasteiger charge is -2.19. The zero-order valence-electron chi connectivity index (χ0n) is 12.4.